The van der Waals surface area contributed by atoms with Crippen molar-refractivity contribution in [1.82, 2.24) is 0 Å². The van der Waals surface area contributed by atoms with Crippen molar-refractivity contribution in [2.24, 2.45) is 16.7 Å². The first-order chi connectivity index (χ1) is 19.6. The Labute approximate surface area is 257 Å². The van der Waals surface area contributed by atoms with Crippen LogP contribution in [0.1, 0.15) is 88.5 Å². The van der Waals surface area contributed by atoms with E-state index in [4.69, 9.17) is 0 Å². The standard InChI is InChI=1S/C40H56O2/c1-29(17-13-19-31(3)21-23-37-33(5)25-35(41)27-39(37,7)8)15-11-12-16-30(2)18-14-20-32(4)22-24-38-34(6)26-36(42)28-40(38,9)10/h11-25,35-37,41-42H,26-28H2,1-10H3/b12-11+,17-13+,18-14+,23-21-,24-22+,29-15-,30-16+,31-19+,32-20+/t35-,36-,37-/m1/s1. The summed E-state index contributed by atoms with van der Waals surface area (Å²) in [5.41, 5.74) is 8.73. The Morgan fingerprint density at radius 2 is 1.21 bits per heavy atom. The van der Waals surface area contributed by atoms with Crippen LogP contribution in [-0.4, -0.2) is 22.4 Å². The van der Waals surface area contributed by atoms with Gasteiger partial charge in [0, 0.05) is 5.92 Å². The van der Waals surface area contributed by atoms with Gasteiger partial charge in [-0.1, -0.05) is 152 Å². The van der Waals surface area contributed by atoms with Crippen LogP contribution in [0.5, 0.6) is 0 Å². The van der Waals surface area contributed by atoms with Gasteiger partial charge in [-0.25, -0.2) is 0 Å². The van der Waals surface area contributed by atoms with Crippen LogP contribution in [0, 0.1) is 16.7 Å². The van der Waals surface area contributed by atoms with E-state index in [0.29, 0.717) is 5.92 Å². The van der Waals surface area contributed by atoms with Gasteiger partial charge >= 0.3 is 0 Å². The predicted octanol–water partition coefficient (Wildman–Crippen LogP) is 10.4. The van der Waals surface area contributed by atoms with Gasteiger partial charge < -0.3 is 10.2 Å². The largest absolute Gasteiger partial charge is 0.393 e. The highest BCUT2D eigenvalue weighted by molar-refractivity contribution is 5.38. The molecule has 2 nitrogen and oxygen atoms in total. The van der Waals surface area contributed by atoms with Crippen molar-refractivity contribution >= 4 is 0 Å². The van der Waals surface area contributed by atoms with Gasteiger partial charge in [-0.2, -0.15) is 0 Å². The molecule has 0 aliphatic heterocycles. The fraction of sp³-hybridized carbons (Fsp3) is 0.450. The second-order valence-corrected chi connectivity index (χ2v) is 13.7. The molecule has 2 heteroatoms. The van der Waals surface area contributed by atoms with Crippen LogP contribution in [-0.2, 0) is 0 Å². The summed E-state index contributed by atoms with van der Waals surface area (Å²) in [6.45, 7) is 21.6. The molecule has 0 unspecified atom stereocenters. The third-order valence-electron chi connectivity index (χ3n) is 8.33. The summed E-state index contributed by atoms with van der Waals surface area (Å²) in [6.07, 6.45) is 33.8. The average Bonchev–Trinajstić information content (AvgIpc) is 2.84. The Bertz CT molecular complexity index is 1270. The van der Waals surface area contributed by atoms with E-state index in [9.17, 15) is 10.2 Å². The Hall–Kier alpha value is -2.94. The maximum absolute atomic E-state index is 10.1. The van der Waals surface area contributed by atoms with E-state index in [0.717, 1.165) is 19.3 Å². The fourth-order valence-corrected chi connectivity index (χ4v) is 6.14. The van der Waals surface area contributed by atoms with E-state index in [1.165, 1.54) is 39.0 Å². The van der Waals surface area contributed by atoms with Crippen LogP contribution >= 0.6 is 0 Å². The Morgan fingerprint density at radius 3 is 1.74 bits per heavy atom. The summed E-state index contributed by atoms with van der Waals surface area (Å²) in [5, 5.41) is 20.2. The van der Waals surface area contributed by atoms with Crippen LogP contribution in [0.4, 0.5) is 0 Å². The summed E-state index contributed by atoms with van der Waals surface area (Å²) in [6, 6.07) is 0. The monoisotopic (exact) mass is 568 g/mol. The Morgan fingerprint density at radius 1 is 0.714 bits per heavy atom. The predicted molar refractivity (Wildman–Crippen MR) is 184 cm³/mol. The number of allylic oxidation sites excluding steroid dienone is 20. The second kappa shape index (κ2) is 16.1. The van der Waals surface area contributed by atoms with E-state index in [2.05, 4.69) is 154 Å². The first kappa shape index (κ1) is 35.3. The maximum Gasteiger partial charge on any atom is 0.0729 e. The van der Waals surface area contributed by atoms with Gasteiger partial charge in [-0.15, -0.1) is 0 Å². The molecule has 228 valence electrons. The van der Waals surface area contributed by atoms with Crippen molar-refractivity contribution in [2.75, 3.05) is 0 Å². The summed E-state index contributed by atoms with van der Waals surface area (Å²) in [7, 11) is 0. The molecule has 0 fully saturated rings. The van der Waals surface area contributed by atoms with Crippen molar-refractivity contribution in [3.63, 3.8) is 0 Å². The minimum absolute atomic E-state index is 0.00528. The fourth-order valence-electron chi connectivity index (χ4n) is 6.14. The third-order valence-corrected chi connectivity index (χ3v) is 8.33. The molecule has 0 saturated carbocycles. The lowest BCUT2D eigenvalue weighted by atomic mass is 9.67. The first-order valence-electron chi connectivity index (χ1n) is 15.4. The molecule has 2 aliphatic carbocycles. The van der Waals surface area contributed by atoms with E-state index in [1.807, 2.05) is 6.08 Å². The molecule has 2 rings (SSSR count). The molecular formula is C40H56O2. The van der Waals surface area contributed by atoms with Gasteiger partial charge in [0.05, 0.1) is 12.2 Å². The van der Waals surface area contributed by atoms with Crippen LogP contribution in [0.2, 0.25) is 0 Å². The molecule has 42 heavy (non-hydrogen) atoms. The van der Waals surface area contributed by atoms with Crippen molar-refractivity contribution in [3.05, 3.63) is 130 Å². The van der Waals surface area contributed by atoms with Crippen LogP contribution in [0.25, 0.3) is 0 Å². The van der Waals surface area contributed by atoms with E-state index in [-0.39, 0.29) is 23.0 Å². The minimum Gasteiger partial charge on any atom is -0.393 e. The van der Waals surface area contributed by atoms with Gasteiger partial charge in [0.15, 0.2) is 0 Å². The molecule has 0 radical (unpaired) electrons. The SMILES string of the molecule is CC1=C[C@@H](O)CC(C)(C)[C@@H]1\C=C/C(C)=C/C=C/C(C)=C\C=C\C=C(C)\C=C\C=C(C)\C=C\C1=C(C)C[C@@H](O)CC1(C)C. The number of aliphatic hydroxyl groups is 2. The van der Waals surface area contributed by atoms with Crippen LogP contribution in [0.3, 0.4) is 0 Å². The molecule has 0 heterocycles. The zero-order valence-electron chi connectivity index (χ0n) is 27.9. The number of hydrogen-bond acceptors (Lipinski definition) is 2. The van der Waals surface area contributed by atoms with E-state index in [1.54, 1.807) is 0 Å². The molecule has 0 aromatic heterocycles. The molecule has 2 N–H and O–H groups in total. The summed E-state index contributed by atoms with van der Waals surface area (Å²) >= 11 is 0. The second-order valence-electron chi connectivity index (χ2n) is 13.7. The lowest BCUT2D eigenvalue weighted by Crippen LogP contribution is -2.32. The molecule has 0 aromatic rings. The summed E-state index contributed by atoms with van der Waals surface area (Å²) in [4.78, 5) is 0. The lowest BCUT2D eigenvalue weighted by molar-refractivity contribution is 0.116. The van der Waals surface area contributed by atoms with Crippen molar-refractivity contribution < 1.29 is 10.2 Å². The van der Waals surface area contributed by atoms with Gasteiger partial charge in [-0.3, -0.25) is 0 Å². The Kier molecular flexibility index (Phi) is 13.5. The molecule has 0 bridgehead atoms. The molecular weight excluding hydrogens is 512 g/mol. The van der Waals surface area contributed by atoms with Crippen molar-refractivity contribution in [3.8, 4) is 0 Å². The molecule has 0 saturated heterocycles. The van der Waals surface area contributed by atoms with Gasteiger partial charge in [-0.05, 0) is 77.2 Å². The van der Waals surface area contributed by atoms with Crippen LogP contribution in [0.15, 0.2) is 130 Å². The Balaban J connectivity index is 1.90. The first-order valence-corrected chi connectivity index (χ1v) is 15.4. The highest BCUT2D eigenvalue weighted by atomic mass is 16.3. The van der Waals surface area contributed by atoms with Gasteiger partial charge in [0.1, 0.15) is 0 Å². The molecule has 3 atom stereocenters. The zero-order chi connectivity index (χ0) is 31.5. The summed E-state index contributed by atoms with van der Waals surface area (Å²) < 4.78 is 0. The highest BCUT2D eigenvalue weighted by Crippen LogP contribution is 2.42. The van der Waals surface area contributed by atoms with Crippen molar-refractivity contribution in [1.29, 1.82) is 0 Å². The highest BCUT2D eigenvalue weighted by Gasteiger charge is 2.34. The maximum atomic E-state index is 10.1. The van der Waals surface area contributed by atoms with E-state index < -0.39 is 0 Å². The molecule has 2 aliphatic rings. The number of aliphatic hydroxyl groups excluding tert-OH is 2. The number of rotatable bonds is 10. The van der Waals surface area contributed by atoms with Gasteiger partial charge in [0.25, 0.3) is 0 Å². The smallest absolute Gasteiger partial charge is 0.0729 e. The van der Waals surface area contributed by atoms with Crippen LogP contribution < -0.4 is 0 Å². The normalized spacial score (nSPS) is 26.6. The number of hydrogen-bond donors (Lipinski definition) is 2. The zero-order valence-corrected chi connectivity index (χ0v) is 27.9. The average molecular weight is 569 g/mol. The lowest BCUT2D eigenvalue weighted by Gasteiger charge is -2.38. The topological polar surface area (TPSA) is 40.5 Å². The molecule has 0 spiro atoms. The molecule has 0 amide bonds. The quantitative estimate of drug-likeness (QED) is 0.203. The van der Waals surface area contributed by atoms with Gasteiger partial charge in [0.2, 0.25) is 0 Å². The minimum atomic E-state index is -0.331. The van der Waals surface area contributed by atoms with Crippen molar-refractivity contribution in [2.45, 2.75) is 101 Å². The third kappa shape index (κ3) is 11.7. The molecule has 0 aromatic carbocycles. The van der Waals surface area contributed by atoms with E-state index >= 15 is 0 Å². The summed E-state index contributed by atoms with van der Waals surface area (Å²) in [5.74, 6) is 0.348.